The van der Waals surface area contributed by atoms with E-state index in [2.05, 4.69) is 17.9 Å². The number of hydrogen-bond acceptors (Lipinski definition) is 3. The van der Waals surface area contributed by atoms with Crippen molar-refractivity contribution < 1.29 is 14.7 Å². The van der Waals surface area contributed by atoms with Crippen LogP contribution in [0, 0.1) is 0 Å². The molecule has 1 amide bonds. The van der Waals surface area contributed by atoms with Gasteiger partial charge in [-0.05, 0) is 43.5 Å². The zero-order chi connectivity index (χ0) is 16.1. The molecule has 2 rings (SSSR count). The maximum atomic E-state index is 12.0. The highest BCUT2D eigenvalue weighted by Gasteiger charge is 2.24. The third-order valence-corrected chi connectivity index (χ3v) is 4.05. The predicted molar refractivity (Wildman–Crippen MR) is 87.5 cm³/mol. The highest BCUT2D eigenvalue weighted by Crippen LogP contribution is 2.31. The normalized spacial score (nSPS) is 13.9. The van der Waals surface area contributed by atoms with Gasteiger partial charge in [-0.3, -0.25) is 9.59 Å². The van der Waals surface area contributed by atoms with Gasteiger partial charge in [0.2, 0.25) is 5.91 Å². The molecule has 0 atom stereocenters. The first-order valence-electron chi connectivity index (χ1n) is 7.96. The van der Waals surface area contributed by atoms with Gasteiger partial charge in [-0.25, -0.2) is 0 Å². The van der Waals surface area contributed by atoms with Crippen molar-refractivity contribution in [3.8, 4) is 0 Å². The summed E-state index contributed by atoms with van der Waals surface area (Å²) in [6, 6.07) is 6.10. The van der Waals surface area contributed by atoms with Crippen molar-refractivity contribution in [3.63, 3.8) is 0 Å². The van der Waals surface area contributed by atoms with Crippen molar-refractivity contribution in [1.82, 2.24) is 0 Å². The molecule has 0 saturated heterocycles. The molecule has 0 saturated carbocycles. The fourth-order valence-electron chi connectivity index (χ4n) is 2.91. The Kier molecular flexibility index (Phi) is 5.41. The van der Waals surface area contributed by atoms with E-state index in [-0.39, 0.29) is 12.3 Å². The van der Waals surface area contributed by atoms with E-state index in [1.54, 1.807) is 0 Å². The summed E-state index contributed by atoms with van der Waals surface area (Å²) < 4.78 is 0. The monoisotopic (exact) mass is 304 g/mol. The number of rotatable bonds is 7. The summed E-state index contributed by atoms with van der Waals surface area (Å²) in [7, 11) is 0. The number of amides is 1. The molecule has 0 aliphatic carbocycles. The van der Waals surface area contributed by atoms with Crippen LogP contribution in [0.3, 0.4) is 0 Å². The molecule has 0 spiro atoms. The van der Waals surface area contributed by atoms with E-state index in [0.29, 0.717) is 13.0 Å². The van der Waals surface area contributed by atoms with Crippen molar-refractivity contribution in [1.29, 1.82) is 0 Å². The Morgan fingerprint density at radius 1 is 1.32 bits per heavy atom. The zero-order valence-corrected chi connectivity index (χ0v) is 13.3. The van der Waals surface area contributed by atoms with Gasteiger partial charge in [-0.15, -0.1) is 0 Å². The van der Waals surface area contributed by atoms with Crippen LogP contribution >= 0.6 is 0 Å². The van der Waals surface area contributed by atoms with E-state index in [0.717, 1.165) is 37.3 Å². The number of aryl methyl sites for hydroxylation is 1. The fraction of sp³-hybridized carbons (Fsp3) is 0.529. The molecule has 1 aromatic carbocycles. The molecule has 0 fully saturated rings. The lowest BCUT2D eigenvalue weighted by molar-refractivity contribution is -0.136. The highest BCUT2D eigenvalue weighted by molar-refractivity contribution is 5.96. The zero-order valence-electron chi connectivity index (χ0n) is 13.3. The number of anilines is 2. The van der Waals surface area contributed by atoms with Crippen molar-refractivity contribution in [2.45, 2.75) is 39.5 Å². The van der Waals surface area contributed by atoms with Crippen LogP contribution in [-0.4, -0.2) is 36.6 Å². The summed E-state index contributed by atoms with van der Waals surface area (Å²) in [5.74, 6) is -0.587. The van der Waals surface area contributed by atoms with E-state index in [9.17, 15) is 9.59 Å². The van der Waals surface area contributed by atoms with Crippen LogP contribution in [0.4, 0.5) is 11.4 Å². The Hall–Kier alpha value is -2.04. The lowest BCUT2D eigenvalue weighted by atomic mass is 10.00. The van der Waals surface area contributed by atoms with E-state index in [4.69, 9.17) is 5.11 Å². The minimum atomic E-state index is -0.781. The maximum Gasteiger partial charge on any atom is 0.305 e. The largest absolute Gasteiger partial charge is 0.481 e. The van der Waals surface area contributed by atoms with Crippen LogP contribution in [0.5, 0.6) is 0 Å². The Bertz CT molecular complexity index is 557. The molecule has 1 aliphatic heterocycles. The van der Waals surface area contributed by atoms with Crippen LogP contribution in [0.2, 0.25) is 0 Å². The first-order chi connectivity index (χ1) is 10.6. The predicted octanol–water partition coefficient (Wildman–Crippen LogP) is 2.68. The summed E-state index contributed by atoms with van der Waals surface area (Å²) >= 11 is 0. The van der Waals surface area contributed by atoms with Crippen molar-refractivity contribution in [2.75, 3.05) is 29.4 Å². The van der Waals surface area contributed by atoms with Crippen LogP contribution in [0.1, 0.15) is 38.7 Å². The number of fused-ring (bicyclic) bond motifs is 1. The lowest BCUT2D eigenvalue weighted by Gasteiger charge is -2.31. The molecule has 22 heavy (non-hydrogen) atoms. The second-order valence-corrected chi connectivity index (χ2v) is 5.58. The second kappa shape index (κ2) is 7.29. The van der Waals surface area contributed by atoms with Gasteiger partial charge in [-0.1, -0.05) is 6.92 Å². The van der Waals surface area contributed by atoms with E-state index in [1.165, 1.54) is 5.56 Å². The number of carboxylic acids is 1. The number of benzene rings is 1. The van der Waals surface area contributed by atoms with Crippen LogP contribution < -0.4 is 9.80 Å². The van der Waals surface area contributed by atoms with Gasteiger partial charge in [0.15, 0.2) is 0 Å². The average molecular weight is 304 g/mol. The molecule has 0 bridgehead atoms. The second-order valence-electron chi connectivity index (χ2n) is 5.58. The summed E-state index contributed by atoms with van der Waals surface area (Å²) in [6.07, 6.45) is 2.38. The van der Waals surface area contributed by atoms with E-state index < -0.39 is 5.97 Å². The van der Waals surface area contributed by atoms with E-state index in [1.807, 2.05) is 24.0 Å². The van der Waals surface area contributed by atoms with Gasteiger partial charge >= 0.3 is 5.97 Å². The molecule has 1 N–H and O–H groups in total. The Morgan fingerprint density at radius 2 is 2.09 bits per heavy atom. The van der Waals surface area contributed by atoms with Gasteiger partial charge in [0.1, 0.15) is 0 Å². The number of carboxylic acid groups (broad SMARTS) is 1. The maximum absolute atomic E-state index is 12.0. The molecule has 0 radical (unpaired) electrons. The molecule has 120 valence electrons. The molecule has 5 heteroatoms. The van der Waals surface area contributed by atoms with Crippen LogP contribution in [0.25, 0.3) is 0 Å². The summed E-state index contributed by atoms with van der Waals surface area (Å²) in [4.78, 5) is 26.7. The fourth-order valence-corrected chi connectivity index (χ4v) is 2.91. The molecular formula is C17H24N2O3. The number of carbonyl (C=O) groups is 2. The summed E-state index contributed by atoms with van der Waals surface area (Å²) in [5.41, 5.74) is 3.23. The smallest absolute Gasteiger partial charge is 0.305 e. The van der Waals surface area contributed by atoms with E-state index >= 15 is 0 Å². The molecule has 1 heterocycles. The molecule has 1 aromatic rings. The summed E-state index contributed by atoms with van der Waals surface area (Å²) in [5, 5.41) is 8.85. The first-order valence-corrected chi connectivity index (χ1v) is 7.96. The standard InChI is InChI=1S/C17H24N2O3/c1-3-10-19-15-7-6-14(12-13(15)5-8-16(19)20)18(4-2)11-9-17(21)22/h6-7,12H,3-5,8-11H2,1-2H3,(H,21,22). The average Bonchev–Trinajstić information content (AvgIpc) is 2.50. The molecule has 5 nitrogen and oxygen atoms in total. The quantitative estimate of drug-likeness (QED) is 0.841. The minimum absolute atomic E-state index is 0.130. The van der Waals surface area contributed by atoms with Crippen molar-refractivity contribution >= 4 is 23.3 Å². The Morgan fingerprint density at radius 3 is 2.73 bits per heavy atom. The third-order valence-electron chi connectivity index (χ3n) is 4.05. The van der Waals surface area contributed by atoms with Gasteiger partial charge in [0, 0.05) is 37.4 Å². The highest BCUT2D eigenvalue weighted by atomic mass is 16.4. The first kappa shape index (κ1) is 16.3. The van der Waals surface area contributed by atoms with Crippen molar-refractivity contribution in [3.05, 3.63) is 23.8 Å². The Labute approximate surface area is 131 Å². The molecule has 1 aliphatic rings. The summed E-state index contributed by atoms with van der Waals surface area (Å²) in [6.45, 7) is 6.11. The Balaban J connectivity index is 2.23. The third kappa shape index (κ3) is 3.59. The van der Waals surface area contributed by atoms with Gasteiger partial charge in [0.25, 0.3) is 0 Å². The molecular weight excluding hydrogens is 280 g/mol. The minimum Gasteiger partial charge on any atom is -0.481 e. The molecule has 0 aromatic heterocycles. The van der Waals surface area contributed by atoms with Gasteiger partial charge in [0.05, 0.1) is 6.42 Å². The lowest BCUT2D eigenvalue weighted by Crippen LogP contribution is -2.36. The van der Waals surface area contributed by atoms with Gasteiger partial charge < -0.3 is 14.9 Å². The van der Waals surface area contributed by atoms with Gasteiger partial charge in [-0.2, -0.15) is 0 Å². The van der Waals surface area contributed by atoms with Crippen LogP contribution in [0.15, 0.2) is 18.2 Å². The van der Waals surface area contributed by atoms with Crippen LogP contribution in [-0.2, 0) is 16.0 Å². The number of nitrogens with zero attached hydrogens (tertiary/aromatic N) is 2. The SMILES string of the molecule is CCCN1C(=O)CCc2cc(N(CC)CCC(=O)O)ccc21. The number of hydrogen-bond donors (Lipinski definition) is 1. The topological polar surface area (TPSA) is 60.9 Å². The number of carbonyl (C=O) groups excluding carboxylic acids is 1. The van der Waals surface area contributed by atoms with Crippen molar-refractivity contribution in [2.24, 2.45) is 0 Å². The molecule has 0 unspecified atom stereocenters. The number of aliphatic carboxylic acids is 1.